The van der Waals surface area contributed by atoms with Gasteiger partial charge in [-0.15, -0.1) is 0 Å². The molecule has 15 heavy (non-hydrogen) atoms. The molecule has 3 N–H and O–H groups in total. The molecule has 1 heterocycles. The van der Waals surface area contributed by atoms with Crippen LogP contribution in [-0.2, 0) is 6.42 Å². The van der Waals surface area contributed by atoms with E-state index in [-0.39, 0.29) is 5.54 Å². The Kier molecular flexibility index (Phi) is 2.83. The third-order valence-electron chi connectivity index (χ3n) is 3.20. The summed E-state index contributed by atoms with van der Waals surface area (Å²) in [6.45, 7) is 4.12. The van der Waals surface area contributed by atoms with E-state index in [4.69, 9.17) is 5.73 Å². The molecule has 0 saturated heterocycles. The first-order chi connectivity index (χ1) is 7.04. The average molecular weight is 207 g/mol. The summed E-state index contributed by atoms with van der Waals surface area (Å²) in [6.07, 6.45) is 7.95. The molecule has 1 aromatic heterocycles. The fraction of sp³-hybridized carbons (Fsp3) is 0.750. The molecular formula is C12H21N3. The molecule has 1 aliphatic carbocycles. The van der Waals surface area contributed by atoms with Crippen LogP contribution in [0.2, 0.25) is 0 Å². The second-order valence-electron chi connectivity index (χ2n) is 5.40. The molecule has 0 bridgehead atoms. The van der Waals surface area contributed by atoms with Crippen LogP contribution in [-0.4, -0.2) is 15.5 Å². The molecule has 1 fully saturated rings. The Morgan fingerprint density at radius 3 is 2.80 bits per heavy atom. The minimum absolute atomic E-state index is 0.0938. The Morgan fingerprint density at radius 2 is 2.27 bits per heavy atom. The SMILES string of the molecule is CC(C)(N)CCc1ncc(C2CCC2)[nH]1. The lowest BCUT2D eigenvalue weighted by atomic mass is 9.83. The van der Waals surface area contributed by atoms with Crippen molar-refractivity contribution >= 4 is 0 Å². The van der Waals surface area contributed by atoms with E-state index in [0.29, 0.717) is 0 Å². The molecule has 84 valence electrons. The Labute approximate surface area is 91.5 Å². The maximum Gasteiger partial charge on any atom is 0.106 e. The van der Waals surface area contributed by atoms with E-state index in [1.165, 1.54) is 25.0 Å². The number of hydrogen-bond acceptors (Lipinski definition) is 2. The number of rotatable bonds is 4. The van der Waals surface area contributed by atoms with Gasteiger partial charge in [-0.1, -0.05) is 6.42 Å². The van der Waals surface area contributed by atoms with E-state index in [9.17, 15) is 0 Å². The third-order valence-corrected chi connectivity index (χ3v) is 3.20. The minimum atomic E-state index is -0.0938. The molecule has 0 spiro atoms. The Morgan fingerprint density at radius 1 is 1.53 bits per heavy atom. The van der Waals surface area contributed by atoms with Crippen molar-refractivity contribution in [3.63, 3.8) is 0 Å². The van der Waals surface area contributed by atoms with Crippen molar-refractivity contribution in [2.75, 3.05) is 0 Å². The zero-order chi connectivity index (χ0) is 10.9. The molecule has 1 aromatic rings. The van der Waals surface area contributed by atoms with Crippen LogP contribution in [0.1, 0.15) is 57.0 Å². The van der Waals surface area contributed by atoms with Crippen LogP contribution in [0.3, 0.4) is 0 Å². The molecule has 3 nitrogen and oxygen atoms in total. The summed E-state index contributed by atoms with van der Waals surface area (Å²) in [5.74, 6) is 1.84. The minimum Gasteiger partial charge on any atom is -0.346 e. The van der Waals surface area contributed by atoms with Crippen LogP contribution >= 0.6 is 0 Å². The van der Waals surface area contributed by atoms with Gasteiger partial charge in [-0.2, -0.15) is 0 Å². The number of hydrogen-bond donors (Lipinski definition) is 2. The first-order valence-corrected chi connectivity index (χ1v) is 5.87. The number of imidazole rings is 1. The van der Waals surface area contributed by atoms with Gasteiger partial charge in [0.15, 0.2) is 0 Å². The van der Waals surface area contributed by atoms with Crippen molar-refractivity contribution in [3.05, 3.63) is 17.7 Å². The van der Waals surface area contributed by atoms with Crippen molar-refractivity contribution in [1.82, 2.24) is 9.97 Å². The Hall–Kier alpha value is -0.830. The zero-order valence-corrected chi connectivity index (χ0v) is 9.71. The fourth-order valence-electron chi connectivity index (χ4n) is 1.87. The van der Waals surface area contributed by atoms with Gasteiger partial charge in [-0.3, -0.25) is 0 Å². The Balaban J connectivity index is 1.89. The van der Waals surface area contributed by atoms with Crippen molar-refractivity contribution in [2.45, 2.75) is 57.4 Å². The summed E-state index contributed by atoms with van der Waals surface area (Å²) < 4.78 is 0. The van der Waals surface area contributed by atoms with E-state index >= 15 is 0 Å². The average Bonchev–Trinajstić information content (AvgIpc) is 2.45. The monoisotopic (exact) mass is 207 g/mol. The number of aryl methyl sites for hydroxylation is 1. The number of nitrogens with two attached hydrogens (primary N) is 1. The molecule has 0 radical (unpaired) electrons. The first kappa shape index (κ1) is 10.7. The highest BCUT2D eigenvalue weighted by atomic mass is 14.9. The summed E-state index contributed by atoms with van der Waals surface area (Å²) in [7, 11) is 0. The van der Waals surface area contributed by atoms with Crippen LogP contribution in [0.25, 0.3) is 0 Å². The largest absolute Gasteiger partial charge is 0.346 e. The van der Waals surface area contributed by atoms with Crippen LogP contribution in [0.5, 0.6) is 0 Å². The van der Waals surface area contributed by atoms with Crippen LogP contribution in [0.15, 0.2) is 6.20 Å². The molecule has 2 rings (SSSR count). The molecule has 0 atom stereocenters. The summed E-state index contributed by atoms with van der Waals surface area (Å²) >= 11 is 0. The third kappa shape index (κ3) is 2.81. The summed E-state index contributed by atoms with van der Waals surface area (Å²) in [4.78, 5) is 7.83. The topological polar surface area (TPSA) is 54.7 Å². The smallest absolute Gasteiger partial charge is 0.106 e. The van der Waals surface area contributed by atoms with Gasteiger partial charge in [0.05, 0.1) is 0 Å². The zero-order valence-electron chi connectivity index (χ0n) is 9.71. The molecule has 1 saturated carbocycles. The van der Waals surface area contributed by atoms with E-state index in [2.05, 4.69) is 23.8 Å². The normalized spacial score (nSPS) is 17.8. The van der Waals surface area contributed by atoms with Crippen molar-refractivity contribution in [3.8, 4) is 0 Å². The van der Waals surface area contributed by atoms with Crippen LogP contribution in [0, 0.1) is 0 Å². The van der Waals surface area contributed by atoms with E-state index in [1.54, 1.807) is 0 Å². The highest BCUT2D eigenvalue weighted by molar-refractivity contribution is 5.10. The van der Waals surface area contributed by atoms with Gasteiger partial charge in [-0.25, -0.2) is 4.98 Å². The quantitative estimate of drug-likeness (QED) is 0.796. The first-order valence-electron chi connectivity index (χ1n) is 5.87. The second kappa shape index (κ2) is 3.97. The maximum atomic E-state index is 5.95. The van der Waals surface area contributed by atoms with Gasteiger partial charge in [0, 0.05) is 29.8 Å². The van der Waals surface area contributed by atoms with E-state index in [0.717, 1.165) is 24.6 Å². The molecule has 0 aliphatic heterocycles. The fourth-order valence-corrected chi connectivity index (χ4v) is 1.87. The van der Waals surface area contributed by atoms with Crippen molar-refractivity contribution < 1.29 is 0 Å². The second-order valence-corrected chi connectivity index (χ2v) is 5.40. The highest BCUT2D eigenvalue weighted by Crippen LogP contribution is 2.35. The van der Waals surface area contributed by atoms with Gasteiger partial charge >= 0.3 is 0 Å². The van der Waals surface area contributed by atoms with Crippen molar-refractivity contribution in [1.29, 1.82) is 0 Å². The predicted molar refractivity (Wildman–Crippen MR) is 61.8 cm³/mol. The lowest BCUT2D eigenvalue weighted by Gasteiger charge is -2.23. The number of aromatic amines is 1. The maximum absolute atomic E-state index is 5.95. The summed E-state index contributed by atoms with van der Waals surface area (Å²) in [5, 5.41) is 0. The molecular weight excluding hydrogens is 186 g/mol. The number of H-pyrrole nitrogens is 1. The van der Waals surface area contributed by atoms with Gasteiger partial charge < -0.3 is 10.7 Å². The summed E-state index contributed by atoms with van der Waals surface area (Å²) in [6, 6.07) is 0. The van der Waals surface area contributed by atoms with Crippen molar-refractivity contribution in [2.24, 2.45) is 5.73 Å². The molecule has 1 aliphatic rings. The standard InChI is InChI=1S/C12H21N3/c1-12(2,13)7-6-11-14-8-10(15-11)9-4-3-5-9/h8-9H,3-7,13H2,1-2H3,(H,14,15). The van der Waals surface area contributed by atoms with Gasteiger partial charge in [0.1, 0.15) is 5.82 Å². The van der Waals surface area contributed by atoms with E-state index < -0.39 is 0 Å². The molecule has 0 unspecified atom stereocenters. The summed E-state index contributed by atoms with van der Waals surface area (Å²) in [5.41, 5.74) is 7.18. The lowest BCUT2D eigenvalue weighted by molar-refractivity contribution is 0.411. The number of nitrogens with zero attached hydrogens (tertiary/aromatic N) is 1. The van der Waals surface area contributed by atoms with Gasteiger partial charge in [-0.05, 0) is 33.1 Å². The molecule has 0 aromatic carbocycles. The van der Waals surface area contributed by atoms with Gasteiger partial charge in [0.25, 0.3) is 0 Å². The number of nitrogens with one attached hydrogen (secondary N) is 1. The highest BCUT2D eigenvalue weighted by Gasteiger charge is 2.21. The molecule has 0 amide bonds. The predicted octanol–water partition coefficient (Wildman–Crippen LogP) is 2.35. The van der Waals surface area contributed by atoms with Crippen LogP contribution < -0.4 is 5.73 Å². The lowest BCUT2D eigenvalue weighted by Crippen LogP contribution is -2.32. The number of aromatic nitrogens is 2. The van der Waals surface area contributed by atoms with E-state index in [1.807, 2.05) is 6.20 Å². The molecule has 3 heteroatoms. The van der Waals surface area contributed by atoms with Gasteiger partial charge in [0.2, 0.25) is 0 Å². The Bertz CT molecular complexity index is 318. The van der Waals surface area contributed by atoms with Crippen LogP contribution in [0.4, 0.5) is 0 Å².